The van der Waals surface area contributed by atoms with E-state index in [0.717, 1.165) is 10.0 Å². The summed E-state index contributed by atoms with van der Waals surface area (Å²) in [5.74, 6) is -0.582. The second-order valence-corrected chi connectivity index (χ2v) is 7.82. The molecule has 0 saturated carbocycles. The van der Waals surface area contributed by atoms with Crippen LogP contribution in [0.15, 0.2) is 69.7 Å². The molecule has 27 heavy (non-hydrogen) atoms. The number of rotatable bonds is 5. The maximum Gasteiger partial charge on any atom is 0.234 e. The van der Waals surface area contributed by atoms with E-state index in [1.54, 1.807) is 12.1 Å². The normalized spacial score (nSPS) is 16.4. The quantitative estimate of drug-likeness (QED) is 0.729. The monoisotopic (exact) mass is 441 g/mol. The lowest BCUT2D eigenvalue weighted by Gasteiger charge is -2.25. The number of amides is 2. The molecular formula is C20H16BrN3O2S. The summed E-state index contributed by atoms with van der Waals surface area (Å²) in [4.78, 5) is 24.3. The molecule has 2 aromatic carbocycles. The van der Waals surface area contributed by atoms with Gasteiger partial charge in [0.1, 0.15) is 0 Å². The van der Waals surface area contributed by atoms with E-state index in [4.69, 9.17) is 0 Å². The Morgan fingerprint density at radius 1 is 1.26 bits per heavy atom. The van der Waals surface area contributed by atoms with Crippen LogP contribution in [0.4, 0.5) is 5.69 Å². The maximum atomic E-state index is 12.2. The van der Waals surface area contributed by atoms with E-state index in [1.807, 2.05) is 42.5 Å². The van der Waals surface area contributed by atoms with Gasteiger partial charge in [0, 0.05) is 22.5 Å². The van der Waals surface area contributed by atoms with Crippen LogP contribution < -0.4 is 10.6 Å². The van der Waals surface area contributed by atoms with E-state index in [1.165, 1.54) is 11.8 Å². The zero-order valence-corrected chi connectivity index (χ0v) is 16.6. The number of carbonyl (C=O) groups is 2. The first kappa shape index (κ1) is 19.2. The predicted octanol–water partition coefficient (Wildman–Crippen LogP) is 4.16. The third-order valence-corrected chi connectivity index (χ3v) is 5.52. The Hall–Kier alpha value is -2.56. The number of nitrogens with one attached hydrogen (secondary N) is 2. The largest absolute Gasteiger partial charge is 0.325 e. The third-order valence-electron chi connectivity index (χ3n) is 4.01. The van der Waals surface area contributed by atoms with Crippen LogP contribution in [-0.4, -0.2) is 17.6 Å². The molecule has 1 aliphatic heterocycles. The number of benzene rings is 2. The Morgan fingerprint density at radius 3 is 2.74 bits per heavy atom. The molecule has 0 bridgehead atoms. The molecule has 7 heteroatoms. The summed E-state index contributed by atoms with van der Waals surface area (Å²) in [6.07, 6.45) is 0.208. The summed E-state index contributed by atoms with van der Waals surface area (Å²) in [5, 5.41) is 15.6. The van der Waals surface area contributed by atoms with Gasteiger partial charge < -0.3 is 10.6 Å². The highest BCUT2D eigenvalue weighted by Gasteiger charge is 2.29. The molecule has 2 amide bonds. The maximum absolute atomic E-state index is 12.2. The average Bonchev–Trinajstić information content (AvgIpc) is 2.66. The molecule has 136 valence electrons. The van der Waals surface area contributed by atoms with Crippen molar-refractivity contribution in [2.24, 2.45) is 0 Å². The summed E-state index contributed by atoms with van der Waals surface area (Å²) in [5.41, 5.74) is 2.07. The number of hydrogen-bond acceptors (Lipinski definition) is 4. The van der Waals surface area contributed by atoms with Gasteiger partial charge in [-0.3, -0.25) is 9.59 Å². The first-order valence-electron chi connectivity index (χ1n) is 8.24. The van der Waals surface area contributed by atoms with Crippen molar-refractivity contribution < 1.29 is 9.59 Å². The van der Waals surface area contributed by atoms with Crippen molar-refractivity contribution in [1.82, 2.24) is 5.32 Å². The van der Waals surface area contributed by atoms with Crippen LogP contribution in [0.3, 0.4) is 0 Å². The van der Waals surface area contributed by atoms with Crippen LogP contribution in [0.1, 0.15) is 17.9 Å². The Kier molecular flexibility index (Phi) is 6.32. The molecule has 2 N–H and O–H groups in total. The lowest BCUT2D eigenvalue weighted by Crippen LogP contribution is -2.31. The fourth-order valence-electron chi connectivity index (χ4n) is 2.80. The molecular weight excluding hydrogens is 426 g/mol. The van der Waals surface area contributed by atoms with Gasteiger partial charge in [-0.1, -0.05) is 58.0 Å². The van der Waals surface area contributed by atoms with Gasteiger partial charge in [-0.05, 0) is 29.8 Å². The van der Waals surface area contributed by atoms with Crippen molar-refractivity contribution in [3.63, 3.8) is 0 Å². The molecule has 0 aliphatic carbocycles. The van der Waals surface area contributed by atoms with Gasteiger partial charge >= 0.3 is 0 Å². The first-order valence-corrected chi connectivity index (χ1v) is 10.0. The van der Waals surface area contributed by atoms with Crippen LogP contribution >= 0.6 is 27.7 Å². The molecule has 5 nitrogen and oxygen atoms in total. The minimum absolute atomic E-state index is 0.0981. The average molecular weight is 442 g/mol. The van der Waals surface area contributed by atoms with Crippen LogP contribution in [-0.2, 0) is 9.59 Å². The molecule has 0 unspecified atom stereocenters. The molecule has 0 aromatic heterocycles. The molecule has 1 heterocycles. The van der Waals surface area contributed by atoms with Crippen molar-refractivity contribution in [1.29, 1.82) is 5.26 Å². The number of hydrogen-bond donors (Lipinski definition) is 2. The third kappa shape index (κ3) is 5.00. The standard InChI is InChI=1S/C20H16BrN3O2S/c21-14-6-4-5-13(9-14)16-10-18(25)24-20(17(16)11-22)27-12-19(26)23-15-7-2-1-3-8-15/h1-9,16H,10,12H2,(H,23,26)(H,24,25)/t16-/m0/s1. The van der Waals surface area contributed by atoms with E-state index in [2.05, 4.69) is 32.6 Å². The lowest BCUT2D eigenvalue weighted by molar-refractivity contribution is -0.121. The number of anilines is 1. The summed E-state index contributed by atoms with van der Waals surface area (Å²) in [7, 11) is 0. The fraction of sp³-hybridized carbons (Fsp3) is 0.150. The van der Waals surface area contributed by atoms with E-state index >= 15 is 0 Å². The van der Waals surface area contributed by atoms with Gasteiger partial charge in [0.2, 0.25) is 11.8 Å². The number of nitriles is 1. The topological polar surface area (TPSA) is 82.0 Å². The Morgan fingerprint density at radius 2 is 2.04 bits per heavy atom. The fourth-order valence-corrected chi connectivity index (χ4v) is 4.09. The molecule has 0 radical (unpaired) electrons. The predicted molar refractivity (Wildman–Crippen MR) is 110 cm³/mol. The minimum Gasteiger partial charge on any atom is -0.325 e. The van der Waals surface area contributed by atoms with Crippen molar-refractivity contribution in [3.8, 4) is 6.07 Å². The van der Waals surface area contributed by atoms with Gasteiger partial charge in [0.05, 0.1) is 22.4 Å². The second-order valence-electron chi connectivity index (χ2n) is 5.92. The SMILES string of the molecule is N#CC1=C(SCC(=O)Nc2ccccc2)NC(=O)C[C@H]1c1cccc(Br)c1. The summed E-state index contributed by atoms with van der Waals surface area (Å²) in [6, 6.07) is 18.9. The number of nitrogens with zero attached hydrogens (tertiary/aromatic N) is 1. The number of para-hydroxylation sites is 1. The van der Waals surface area contributed by atoms with E-state index in [-0.39, 0.29) is 29.9 Å². The molecule has 0 spiro atoms. The molecule has 2 aromatic rings. The summed E-state index contributed by atoms with van der Waals surface area (Å²) < 4.78 is 0.889. The summed E-state index contributed by atoms with van der Waals surface area (Å²) in [6.45, 7) is 0. The molecule has 3 rings (SSSR count). The highest BCUT2D eigenvalue weighted by atomic mass is 79.9. The van der Waals surface area contributed by atoms with Crippen molar-refractivity contribution in [3.05, 3.63) is 75.2 Å². The van der Waals surface area contributed by atoms with Crippen molar-refractivity contribution in [2.75, 3.05) is 11.1 Å². The molecule has 0 fully saturated rings. The number of carbonyl (C=O) groups excluding carboxylic acids is 2. The molecule has 1 atom stereocenters. The van der Waals surface area contributed by atoms with Gasteiger partial charge in [0.15, 0.2) is 0 Å². The smallest absolute Gasteiger partial charge is 0.234 e. The van der Waals surface area contributed by atoms with Gasteiger partial charge in [-0.25, -0.2) is 0 Å². The van der Waals surface area contributed by atoms with Crippen molar-refractivity contribution >= 4 is 45.2 Å². The van der Waals surface area contributed by atoms with E-state index in [0.29, 0.717) is 16.3 Å². The second kappa shape index (κ2) is 8.89. The Balaban J connectivity index is 1.76. The summed E-state index contributed by atoms with van der Waals surface area (Å²) >= 11 is 4.59. The van der Waals surface area contributed by atoms with Crippen LogP contribution in [0.2, 0.25) is 0 Å². The van der Waals surface area contributed by atoms with Gasteiger partial charge in [-0.15, -0.1) is 0 Å². The van der Waals surface area contributed by atoms with Gasteiger partial charge in [-0.2, -0.15) is 5.26 Å². The minimum atomic E-state index is -0.319. The number of allylic oxidation sites excluding steroid dienone is 1. The van der Waals surface area contributed by atoms with Crippen LogP contribution in [0, 0.1) is 11.3 Å². The zero-order valence-electron chi connectivity index (χ0n) is 14.2. The Bertz CT molecular complexity index is 938. The molecule has 1 aliphatic rings. The lowest BCUT2D eigenvalue weighted by atomic mass is 9.87. The molecule has 0 saturated heterocycles. The highest BCUT2D eigenvalue weighted by molar-refractivity contribution is 9.10. The van der Waals surface area contributed by atoms with Gasteiger partial charge in [0.25, 0.3) is 0 Å². The van der Waals surface area contributed by atoms with E-state index in [9.17, 15) is 14.9 Å². The first-order chi connectivity index (χ1) is 13.1. The van der Waals surface area contributed by atoms with Crippen LogP contribution in [0.5, 0.6) is 0 Å². The zero-order chi connectivity index (χ0) is 19.2. The van der Waals surface area contributed by atoms with Crippen molar-refractivity contribution in [2.45, 2.75) is 12.3 Å². The van der Waals surface area contributed by atoms with E-state index < -0.39 is 0 Å². The highest BCUT2D eigenvalue weighted by Crippen LogP contribution is 2.36. The van der Waals surface area contributed by atoms with Crippen LogP contribution in [0.25, 0.3) is 0 Å². The Labute approximate surface area is 170 Å². The number of halogens is 1. The number of thioether (sulfide) groups is 1.